The van der Waals surface area contributed by atoms with Crippen LogP contribution >= 0.6 is 0 Å². The molecule has 1 saturated heterocycles. The molecule has 4 N–H and O–H groups in total. The van der Waals surface area contributed by atoms with Gasteiger partial charge in [-0.25, -0.2) is 4.99 Å². The minimum absolute atomic E-state index is 0.0853. The highest BCUT2D eigenvalue weighted by atomic mass is 19.4. The maximum Gasteiger partial charge on any atom is 0.433 e. The molecule has 1 aromatic carbocycles. The Hall–Kier alpha value is -3.86. The summed E-state index contributed by atoms with van der Waals surface area (Å²) in [6.07, 6.45) is 2.15. The van der Waals surface area contributed by atoms with Gasteiger partial charge in [0.1, 0.15) is 29.0 Å². The van der Waals surface area contributed by atoms with Gasteiger partial charge in [-0.1, -0.05) is 31.2 Å². The number of aromatic nitrogens is 1. The summed E-state index contributed by atoms with van der Waals surface area (Å²) >= 11 is 0. The fourth-order valence-corrected chi connectivity index (χ4v) is 5.53. The Labute approximate surface area is 224 Å². The third kappa shape index (κ3) is 4.98. The molecule has 5 rings (SSSR count). The Morgan fingerprint density at radius 1 is 1.21 bits per heavy atom. The number of hydrogen-bond donors (Lipinski definition) is 3. The number of piperidine rings is 1. The van der Waals surface area contributed by atoms with E-state index in [1.165, 1.54) is 13.0 Å². The van der Waals surface area contributed by atoms with Crippen LogP contribution in [0.4, 0.5) is 13.2 Å². The Balaban J connectivity index is 1.43. The number of carbonyl (C=O) groups is 1. The average Bonchev–Trinajstić information content (AvgIpc) is 3.33. The van der Waals surface area contributed by atoms with Gasteiger partial charge in [0.25, 0.3) is 0 Å². The van der Waals surface area contributed by atoms with E-state index in [9.17, 15) is 23.1 Å². The molecule has 3 aliphatic rings. The van der Waals surface area contributed by atoms with Crippen LogP contribution < -0.4 is 11.1 Å². The first kappa shape index (κ1) is 26.7. The van der Waals surface area contributed by atoms with Gasteiger partial charge in [0.15, 0.2) is 0 Å². The number of aliphatic imine (C=N–C) groups is 1. The Kier molecular flexibility index (Phi) is 6.88. The van der Waals surface area contributed by atoms with Crippen molar-refractivity contribution in [2.75, 3.05) is 13.1 Å². The number of halogens is 3. The number of likely N-dealkylation sites (tertiary alicyclic amines) is 1. The number of nitrogens with zero attached hydrogens (tertiary/aromatic N) is 4. The molecule has 1 aromatic heterocycles. The quantitative estimate of drug-likeness (QED) is 0.534. The lowest BCUT2D eigenvalue weighted by atomic mass is 9.87. The predicted octanol–water partition coefficient (Wildman–Crippen LogP) is 3.75. The van der Waals surface area contributed by atoms with Crippen LogP contribution in [0.3, 0.4) is 0 Å². The number of carbonyl (C=O) groups excluding carboxylic acids is 1. The molecular formula is C28H31F3N6O2. The van der Waals surface area contributed by atoms with Crippen LogP contribution in [0, 0.1) is 5.92 Å². The topological polar surface area (TPSA) is 107 Å². The number of amidine groups is 1. The number of hydrogen-bond acceptors (Lipinski definition) is 7. The van der Waals surface area contributed by atoms with Crippen LogP contribution in [0.1, 0.15) is 55.5 Å². The fourth-order valence-electron chi connectivity index (χ4n) is 5.53. The van der Waals surface area contributed by atoms with Crippen LogP contribution in [0.15, 0.2) is 65.7 Å². The van der Waals surface area contributed by atoms with Crippen LogP contribution in [0.5, 0.6) is 0 Å². The molecule has 4 heterocycles. The molecule has 8 nitrogen and oxygen atoms in total. The molecular weight excluding hydrogens is 509 g/mol. The van der Waals surface area contributed by atoms with Gasteiger partial charge in [-0.05, 0) is 48.6 Å². The van der Waals surface area contributed by atoms with E-state index in [2.05, 4.69) is 20.2 Å². The molecule has 206 valence electrons. The summed E-state index contributed by atoms with van der Waals surface area (Å²) in [6.45, 7) is 4.72. The molecule has 1 fully saturated rings. The molecule has 1 amide bonds. The number of pyridine rings is 1. The van der Waals surface area contributed by atoms with Crippen LogP contribution in [0.2, 0.25) is 0 Å². The van der Waals surface area contributed by atoms with Gasteiger partial charge in [0.2, 0.25) is 5.91 Å². The smallest absolute Gasteiger partial charge is 0.382 e. The molecule has 3 atom stereocenters. The third-order valence-corrected chi connectivity index (χ3v) is 7.68. The zero-order valence-corrected chi connectivity index (χ0v) is 21.7. The molecule has 0 aliphatic carbocycles. The number of aliphatic hydroxyl groups is 1. The minimum atomic E-state index is -4.62. The molecule has 3 aliphatic heterocycles. The highest BCUT2D eigenvalue weighted by Gasteiger charge is 2.41. The lowest BCUT2D eigenvalue weighted by Crippen LogP contribution is -2.50. The predicted molar refractivity (Wildman–Crippen MR) is 140 cm³/mol. The van der Waals surface area contributed by atoms with E-state index in [1.54, 1.807) is 30.5 Å². The largest absolute Gasteiger partial charge is 0.433 e. The summed E-state index contributed by atoms with van der Waals surface area (Å²) in [5, 5.41) is 14.8. The molecule has 11 heteroatoms. The Morgan fingerprint density at radius 2 is 1.95 bits per heavy atom. The second-order valence-corrected chi connectivity index (χ2v) is 10.2. The van der Waals surface area contributed by atoms with Gasteiger partial charge in [-0.15, -0.1) is 0 Å². The first-order valence-corrected chi connectivity index (χ1v) is 12.9. The van der Waals surface area contributed by atoms with Crippen molar-refractivity contribution in [1.29, 1.82) is 0 Å². The van der Waals surface area contributed by atoms with Gasteiger partial charge in [-0.3, -0.25) is 9.78 Å². The first-order chi connectivity index (χ1) is 18.5. The van der Waals surface area contributed by atoms with Crippen molar-refractivity contribution in [2.45, 2.75) is 51.1 Å². The summed E-state index contributed by atoms with van der Waals surface area (Å²) < 4.78 is 39.6. The van der Waals surface area contributed by atoms with Crippen LogP contribution in [-0.2, 0) is 16.6 Å². The van der Waals surface area contributed by atoms with Gasteiger partial charge >= 0.3 is 6.18 Å². The molecule has 0 bridgehead atoms. The molecule has 39 heavy (non-hydrogen) atoms. The number of nitrogens with one attached hydrogen (secondary N) is 1. The SMILES string of the molecule is CCC(=O)N1CCCC(C2NC(c3ccc([C@@](C)(O)c4ccnc(C(F)(F)F)c4)cc3)=C3C(N)=NC=CN32)C1. The zero-order chi connectivity index (χ0) is 27.9. The average molecular weight is 541 g/mol. The van der Waals surface area contributed by atoms with E-state index in [0.29, 0.717) is 24.4 Å². The zero-order valence-electron chi connectivity index (χ0n) is 21.7. The van der Waals surface area contributed by atoms with Crippen molar-refractivity contribution >= 4 is 17.4 Å². The van der Waals surface area contributed by atoms with E-state index in [1.807, 2.05) is 18.0 Å². The first-order valence-electron chi connectivity index (χ1n) is 12.9. The van der Waals surface area contributed by atoms with Crippen molar-refractivity contribution in [3.05, 3.63) is 83.1 Å². The lowest BCUT2D eigenvalue weighted by Gasteiger charge is -2.39. The Morgan fingerprint density at radius 3 is 2.64 bits per heavy atom. The fraction of sp³-hybridized carbons (Fsp3) is 0.393. The molecule has 2 aromatic rings. The van der Waals surface area contributed by atoms with Crippen molar-refractivity contribution in [1.82, 2.24) is 20.1 Å². The van der Waals surface area contributed by atoms with E-state index in [0.717, 1.165) is 48.6 Å². The molecule has 0 spiro atoms. The van der Waals surface area contributed by atoms with Crippen molar-refractivity contribution in [3.8, 4) is 0 Å². The minimum Gasteiger partial charge on any atom is -0.382 e. The summed E-state index contributed by atoms with van der Waals surface area (Å²) in [5.74, 6) is 0.653. The number of nitrogens with two attached hydrogens (primary N) is 1. The van der Waals surface area contributed by atoms with Crippen molar-refractivity contribution < 1.29 is 23.1 Å². The highest BCUT2D eigenvalue weighted by molar-refractivity contribution is 6.05. The highest BCUT2D eigenvalue weighted by Crippen LogP contribution is 2.37. The van der Waals surface area contributed by atoms with E-state index >= 15 is 0 Å². The van der Waals surface area contributed by atoms with Gasteiger partial charge in [-0.2, -0.15) is 13.2 Å². The lowest BCUT2D eigenvalue weighted by molar-refractivity contribution is -0.141. The van der Waals surface area contributed by atoms with E-state index in [-0.39, 0.29) is 23.6 Å². The monoisotopic (exact) mass is 540 g/mol. The number of rotatable bonds is 5. The van der Waals surface area contributed by atoms with Crippen molar-refractivity contribution in [3.63, 3.8) is 0 Å². The molecule has 0 radical (unpaired) electrons. The third-order valence-electron chi connectivity index (χ3n) is 7.68. The second-order valence-electron chi connectivity index (χ2n) is 10.2. The summed E-state index contributed by atoms with van der Waals surface area (Å²) in [4.78, 5) is 24.0. The standard InChI is InChI=1S/C28H31F3N6O2/c1-3-22(38)36-13-4-5-18(16-36)26-35-23(24-25(32)34-12-14-37(24)26)17-6-8-19(9-7-17)27(2,39)20-10-11-33-21(15-20)28(29,30)31/h6-12,14-15,18,26,35,39H,3-5,13,16H2,1-2H3,(H2,32,34)/t18?,26?,27-/m1/s1. The second kappa shape index (κ2) is 10.0. The summed E-state index contributed by atoms with van der Waals surface area (Å²) in [5.41, 5.74) is 6.36. The number of fused-ring (bicyclic) bond motifs is 1. The van der Waals surface area contributed by atoms with Gasteiger partial charge < -0.3 is 26.0 Å². The maximum absolute atomic E-state index is 13.2. The number of amides is 1. The number of benzene rings is 1. The van der Waals surface area contributed by atoms with Crippen molar-refractivity contribution in [2.24, 2.45) is 16.6 Å². The van der Waals surface area contributed by atoms with Gasteiger partial charge in [0, 0.05) is 44.0 Å². The normalized spacial score (nSPS) is 22.8. The van der Waals surface area contributed by atoms with E-state index < -0.39 is 17.5 Å². The van der Waals surface area contributed by atoms with E-state index in [4.69, 9.17) is 5.73 Å². The molecule has 0 saturated carbocycles. The summed E-state index contributed by atoms with van der Waals surface area (Å²) in [7, 11) is 0. The number of alkyl halides is 3. The summed E-state index contributed by atoms with van der Waals surface area (Å²) in [6, 6.07) is 9.20. The Bertz CT molecular complexity index is 1350. The molecule has 2 unspecified atom stereocenters. The maximum atomic E-state index is 13.2. The van der Waals surface area contributed by atoms with Crippen LogP contribution in [-0.4, -0.2) is 50.9 Å². The van der Waals surface area contributed by atoms with Gasteiger partial charge in [0.05, 0.1) is 5.70 Å². The van der Waals surface area contributed by atoms with Crippen LogP contribution in [0.25, 0.3) is 5.70 Å².